The number of carboxylic acid groups (broad SMARTS) is 1. The van der Waals surface area contributed by atoms with E-state index in [9.17, 15) is 14.9 Å². The molecule has 0 aliphatic rings. The summed E-state index contributed by atoms with van der Waals surface area (Å²) in [5.41, 5.74) is 0. The molecule has 0 fully saturated rings. The van der Waals surface area contributed by atoms with E-state index in [0.29, 0.717) is 4.90 Å². The van der Waals surface area contributed by atoms with E-state index in [1.807, 2.05) is 0 Å². The fourth-order valence-electron chi connectivity index (χ4n) is 0.879. The summed E-state index contributed by atoms with van der Waals surface area (Å²) in [5, 5.41) is 19.2. The summed E-state index contributed by atoms with van der Waals surface area (Å²) in [6, 6.07) is 2.74. The first-order valence-electron chi connectivity index (χ1n) is 4.36. The van der Waals surface area contributed by atoms with E-state index in [0.717, 1.165) is 11.8 Å². The number of carboxylic acids is 1. The Morgan fingerprint density at radius 2 is 2.19 bits per heavy atom. The third-order valence-electron chi connectivity index (χ3n) is 1.80. The summed E-state index contributed by atoms with van der Waals surface area (Å²) in [6.07, 6.45) is 1.30. The lowest BCUT2D eigenvalue weighted by Gasteiger charge is -2.17. The van der Waals surface area contributed by atoms with Crippen LogP contribution < -0.4 is 0 Å². The van der Waals surface area contributed by atoms with Crippen molar-refractivity contribution in [2.45, 2.75) is 23.5 Å². The lowest BCUT2D eigenvalue weighted by Crippen LogP contribution is -2.26. The van der Waals surface area contributed by atoms with Crippen molar-refractivity contribution >= 4 is 23.5 Å². The Bertz CT molecular complexity index is 416. The van der Waals surface area contributed by atoms with Crippen LogP contribution in [0, 0.1) is 10.1 Å². The van der Waals surface area contributed by atoms with Crippen molar-refractivity contribution in [2.24, 2.45) is 0 Å². The van der Waals surface area contributed by atoms with Crippen molar-refractivity contribution in [3.8, 4) is 0 Å². The number of nitro groups is 1. The average Bonchev–Trinajstić information content (AvgIpc) is 2.17. The zero-order valence-corrected chi connectivity index (χ0v) is 9.52. The molecule has 86 valence electrons. The van der Waals surface area contributed by atoms with Gasteiger partial charge in [0.1, 0.15) is 4.75 Å². The molecule has 0 amide bonds. The maximum atomic E-state index is 10.9. The molecule has 0 atom stereocenters. The van der Waals surface area contributed by atoms with Gasteiger partial charge in [0.15, 0.2) is 6.20 Å². The van der Waals surface area contributed by atoms with Gasteiger partial charge in [-0.3, -0.25) is 4.79 Å². The molecule has 1 N–H and O–H groups in total. The first kappa shape index (κ1) is 12.4. The molecule has 16 heavy (non-hydrogen) atoms. The molecule has 6 nitrogen and oxygen atoms in total. The van der Waals surface area contributed by atoms with Crippen LogP contribution in [0.4, 0.5) is 5.82 Å². The summed E-state index contributed by atoms with van der Waals surface area (Å²) in [7, 11) is 0. The molecule has 0 radical (unpaired) electrons. The van der Waals surface area contributed by atoms with Crippen molar-refractivity contribution in [3.63, 3.8) is 0 Å². The first-order valence-corrected chi connectivity index (χ1v) is 5.17. The zero-order chi connectivity index (χ0) is 12.3. The molecule has 0 aliphatic heterocycles. The maximum absolute atomic E-state index is 10.9. The predicted octanol–water partition coefficient (Wildman–Crippen LogP) is 1.95. The second-order valence-electron chi connectivity index (χ2n) is 3.53. The van der Waals surface area contributed by atoms with Gasteiger partial charge in [-0.25, -0.2) is 0 Å². The molecule has 1 rings (SSSR count). The summed E-state index contributed by atoms with van der Waals surface area (Å²) in [4.78, 5) is 24.8. The molecule has 0 saturated heterocycles. The Kier molecular flexibility index (Phi) is 3.48. The highest BCUT2D eigenvalue weighted by Gasteiger charge is 2.29. The van der Waals surface area contributed by atoms with E-state index >= 15 is 0 Å². The number of carbonyl (C=O) groups is 1. The highest BCUT2D eigenvalue weighted by molar-refractivity contribution is 8.01. The number of nitrogens with zero attached hydrogens (tertiary/aromatic N) is 2. The van der Waals surface area contributed by atoms with E-state index in [-0.39, 0.29) is 5.82 Å². The monoisotopic (exact) mass is 242 g/mol. The molecule has 0 aliphatic carbocycles. The van der Waals surface area contributed by atoms with Gasteiger partial charge < -0.3 is 15.2 Å². The SMILES string of the molecule is CC(C)(Sc1ccc([N+](=O)[O-])nc1)C(=O)O. The number of thioether (sulfide) groups is 1. The summed E-state index contributed by atoms with van der Waals surface area (Å²) >= 11 is 1.09. The van der Waals surface area contributed by atoms with Crippen LogP contribution in [0.1, 0.15) is 13.8 Å². The lowest BCUT2D eigenvalue weighted by atomic mass is 10.2. The molecule has 0 spiro atoms. The molecule has 0 aromatic carbocycles. The van der Waals surface area contributed by atoms with Crippen LogP contribution in [-0.4, -0.2) is 25.7 Å². The number of aliphatic carboxylic acids is 1. The van der Waals surface area contributed by atoms with Crippen LogP contribution in [0.15, 0.2) is 23.2 Å². The standard InChI is InChI=1S/C9H10N2O4S/c1-9(2,8(12)13)16-6-3-4-7(10-5-6)11(14)15/h3-5H,1-2H3,(H,12,13). The molecule has 1 aromatic rings. The molecular formula is C9H10N2O4S. The second kappa shape index (κ2) is 4.48. The Balaban J connectivity index is 2.84. The van der Waals surface area contributed by atoms with Crippen molar-refractivity contribution in [1.29, 1.82) is 0 Å². The lowest BCUT2D eigenvalue weighted by molar-refractivity contribution is -0.389. The van der Waals surface area contributed by atoms with Crippen LogP contribution >= 0.6 is 11.8 Å². The van der Waals surface area contributed by atoms with Crippen LogP contribution in [0.2, 0.25) is 0 Å². The van der Waals surface area contributed by atoms with Crippen LogP contribution in [0.3, 0.4) is 0 Å². The fourth-order valence-corrected chi connectivity index (χ4v) is 1.80. The smallest absolute Gasteiger partial charge is 0.363 e. The Morgan fingerprint density at radius 1 is 1.56 bits per heavy atom. The van der Waals surface area contributed by atoms with Crippen molar-refractivity contribution in [3.05, 3.63) is 28.4 Å². The van der Waals surface area contributed by atoms with Crippen LogP contribution in [0.25, 0.3) is 0 Å². The average molecular weight is 242 g/mol. The van der Waals surface area contributed by atoms with E-state index in [2.05, 4.69) is 4.98 Å². The van der Waals surface area contributed by atoms with E-state index < -0.39 is 15.6 Å². The van der Waals surface area contributed by atoms with Gasteiger partial charge in [0.25, 0.3) is 0 Å². The number of aromatic nitrogens is 1. The zero-order valence-electron chi connectivity index (χ0n) is 8.71. The van der Waals surface area contributed by atoms with E-state index in [4.69, 9.17) is 5.11 Å². The van der Waals surface area contributed by atoms with Crippen LogP contribution in [0.5, 0.6) is 0 Å². The number of pyridine rings is 1. The third-order valence-corrected chi connectivity index (χ3v) is 2.96. The highest BCUT2D eigenvalue weighted by atomic mass is 32.2. The minimum absolute atomic E-state index is 0.252. The second-order valence-corrected chi connectivity index (χ2v) is 5.22. The maximum Gasteiger partial charge on any atom is 0.363 e. The van der Waals surface area contributed by atoms with Gasteiger partial charge in [0.05, 0.1) is 4.90 Å². The Hall–Kier alpha value is -1.63. The highest BCUT2D eigenvalue weighted by Crippen LogP contribution is 2.32. The molecule has 0 saturated carbocycles. The third kappa shape index (κ3) is 2.93. The normalized spacial score (nSPS) is 11.1. The largest absolute Gasteiger partial charge is 0.480 e. The minimum atomic E-state index is -0.988. The van der Waals surface area contributed by atoms with Gasteiger partial charge in [-0.2, -0.15) is 0 Å². The van der Waals surface area contributed by atoms with Crippen molar-refractivity contribution < 1.29 is 14.8 Å². The Labute approximate surface area is 95.8 Å². The fraction of sp³-hybridized carbons (Fsp3) is 0.333. The van der Waals surface area contributed by atoms with Gasteiger partial charge in [-0.1, -0.05) is 0 Å². The van der Waals surface area contributed by atoms with E-state index in [1.54, 1.807) is 13.8 Å². The minimum Gasteiger partial charge on any atom is -0.480 e. The summed E-state index contributed by atoms with van der Waals surface area (Å²) in [6.45, 7) is 3.11. The van der Waals surface area contributed by atoms with Gasteiger partial charge in [-0.15, -0.1) is 11.8 Å². The number of rotatable bonds is 4. The molecule has 1 aromatic heterocycles. The predicted molar refractivity (Wildman–Crippen MR) is 58.5 cm³/mol. The molecular weight excluding hydrogens is 232 g/mol. The van der Waals surface area contributed by atoms with Gasteiger partial charge in [-0.05, 0) is 29.8 Å². The van der Waals surface area contributed by atoms with E-state index in [1.165, 1.54) is 18.3 Å². The molecule has 0 unspecified atom stereocenters. The van der Waals surface area contributed by atoms with Gasteiger partial charge >= 0.3 is 11.8 Å². The van der Waals surface area contributed by atoms with Crippen molar-refractivity contribution in [2.75, 3.05) is 0 Å². The quantitative estimate of drug-likeness (QED) is 0.492. The summed E-state index contributed by atoms with van der Waals surface area (Å²) in [5.74, 6) is -1.20. The van der Waals surface area contributed by atoms with Crippen molar-refractivity contribution in [1.82, 2.24) is 4.98 Å². The molecule has 1 heterocycles. The summed E-state index contributed by atoms with van der Waals surface area (Å²) < 4.78 is -0.988. The molecule has 0 bridgehead atoms. The van der Waals surface area contributed by atoms with Crippen LogP contribution in [-0.2, 0) is 4.79 Å². The number of hydrogen-bond acceptors (Lipinski definition) is 5. The van der Waals surface area contributed by atoms with Gasteiger partial charge in [0, 0.05) is 6.07 Å². The number of hydrogen-bond donors (Lipinski definition) is 1. The first-order chi connectivity index (χ1) is 7.33. The topological polar surface area (TPSA) is 93.3 Å². The molecule has 7 heteroatoms. The van der Waals surface area contributed by atoms with Gasteiger partial charge in [0.2, 0.25) is 0 Å². The Morgan fingerprint density at radius 3 is 2.56 bits per heavy atom.